The molecule has 0 saturated heterocycles. The molecule has 12 amide bonds. The van der Waals surface area contributed by atoms with Gasteiger partial charge in [0.1, 0.15) is 0 Å². The number of benzene rings is 5. The van der Waals surface area contributed by atoms with Gasteiger partial charge in [-0.05, 0) is 182 Å². The molecule has 3 aliphatic rings. The average Bonchev–Trinajstić information content (AvgIpc) is 3.28. The summed E-state index contributed by atoms with van der Waals surface area (Å²) in [5.74, 6) is 0. The Morgan fingerprint density at radius 3 is 0.623 bits per heavy atom. The fourth-order valence-electron chi connectivity index (χ4n) is 8.99. The molecule has 3 aliphatic heterocycles. The van der Waals surface area contributed by atoms with Gasteiger partial charge in [0.05, 0.1) is 34.1 Å². The summed E-state index contributed by atoms with van der Waals surface area (Å²) in [6, 6.07) is 12.7. The number of anilines is 6. The zero-order chi connectivity index (χ0) is 49.7. The lowest BCUT2D eigenvalue weighted by atomic mass is 9.88. The van der Waals surface area contributed by atoms with Crippen molar-refractivity contribution in [2.75, 3.05) is 31.9 Å². The fraction of sp³-hybridized carbons (Fsp3) is 0.294. The summed E-state index contributed by atoms with van der Waals surface area (Å²) in [6.07, 6.45) is 0. The number of fused-ring (bicyclic) bond motifs is 18. The van der Waals surface area contributed by atoms with E-state index in [4.69, 9.17) is 0 Å². The maximum absolute atomic E-state index is 13.8. The van der Waals surface area contributed by atoms with Crippen molar-refractivity contribution in [3.63, 3.8) is 0 Å². The molecule has 8 rings (SSSR count). The highest BCUT2D eigenvalue weighted by Crippen LogP contribution is 2.31. The molecular formula is C51H60N12O6. The van der Waals surface area contributed by atoms with E-state index in [1.54, 1.807) is 36.4 Å². The summed E-state index contributed by atoms with van der Waals surface area (Å²) in [5.41, 5.74) is 14.1. The summed E-state index contributed by atoms with van der Waals surface area (Å²) in [5, 5.41) is 35.3. The minimum atomic E-state index is -0.530. The Hall–Kier alpha value is -8.28. The van der Waals surface area contributed by atoms with Gasteiger partial charge in [-0.25, -0.2) is 28.8 Å². The van der Waals surface area contributed by atoms with E-state index in [2.05, 4.69) is 63.8 Å². The zero-order valence-electron chi connectivity index (χ0n) is 40.4. The first kappa shape index (κ1) is 48.6. The minimum absolute atomic E-state index is 0.0667. The Balaban J connectivity index is 1.37. The first-order valence-corrected chi connectivity index (χ1v) is 22.7. The number of hydrogen-bond donors (Lipinski definition) is 12. The van der Waals surface area contributed by atoms with Gasteiger partial charge >= 0.3 is 36.2 Å². The van der Waals surface area contributed by atoms with Gasteiger partial charge < -0.3 is 63.8 Å². The van der Waals surface area contributed by atoms with Gasteiger partial charge in [-0.1, -0.05) is 18.2 Å². The molecule has 0 spiro atoms. The lowest BCUT2D eigenvalue weighted by molar-refractivity contribution is 0.250. The van der Waals surface area contributed by atoms with Crippen molar-refractivity contribution >= 4 is 70.3 Å². The molecule has 0 saturated carbocycles. The Labute approximate surface area is 401 Å². The second-order valence-electron chi connectivity index (χ2n) is 17.6. The van der Waals surface area contributed by atoms with Crippen LogP contribution in [-0.2, 0) is 39.3 Å². The van der Waals surface area contributed by atoms with Gasteiger partial charge in [-0.3, -0.25) is 0 Å². The van der Waals surface area contributed by atoms with Gasteiger partial charge in [0.2, 0.25) is 0 Å². The highest BCUT2D eigenvalue weighted by atomic mass is 16.2. The number of urea groups is 6. The summed E-state index contributed by atoms with van der Waals surface area (Å²) in [4.78, 5) is 82.5. The van der Waals surface area contributed by atoms with Crippen molar-refractivity contribution in [2.24, 2.45) is 0 Å². The summed E-state index contributed by atoms with van der Waals surface area (Å²) in [7, 11) is 0. The number of aryl methyl sites for hydroxylation is 3. The number of carbonyl (C=O) groups excluding carboxylic acids is 6. The molecular weight excluding hydrogens is 877 g/mol. The Morgan fingerprint density at radius 1 is 0.261 bits per heavy atom. The Bertz CT molecular complexity index is 2580. The van der Waals surface area contributed by atoms with Gasteiger partial charge in [0.25, 0.3) is 0 Å². The summed E-state index contributed by atoms with van der Waals surface area (Å²) < 4.78 is 0. The van der Waals surface area contributed by atoms with Crippen LogP contribution in [0.5, 0.6) is 0 Å². The van der Waals surface area contributed by atoms with Crippen LogP contribution in [0.25, 0.3) is 0 Å². The molecule has 0 aliphatic carbocycles. The highest BCUT2D eigenvalue weighted by Gasteiger charge is 2.23. The Morgan fingerprint density at radius 2 is 0.435 bits per heavy atom. The topological polar surface area (TPSA) is 247 Å². The van der Waals surface area contributed by atoms with Gasteiger partial charge in [0.15, 0.2) is 0 Å². The molecule has 18 heteroatoms. The first-order valence-electron chi connectivity index (χ1n) is 22.7. The van der Waals surface area contributed by atoms with E-state index in [1.165, 1.54) is 0 Å². The molecule has 18 nitrogen and oxygen atoms in total. The van der Waals surface area contributed by atoms with E-state index in [0.29, 0.717) is 34.1 Å². The third-order valence-corrected chi connectivity index (χ3v) is 13.0. The maximum Gasteiger partial charge on any atom is 0.319 e. The van der Waals surface area contributed by atoms with Crippen LogP contribution in [0.3, 0.4) is 0 Å². The third kappa shape index (κ3) is 11.3. The van der Waals surface area contributed by atoms with Crippen molar-refractivity contribution < 1.29 is 28.8 Å². The van der Waals surface area contributed by atoms with Gasteiger partial charge in [-0.15, -0.1) is 0 Å². The smallest absolute Gasteiger partial charge is 0.319 e. The van der Waals surface area contributed by atoms with Crippen LogP contribution >= 0.6 is 0 Å². The zero-order valence-corrected chi connectivity index (χ0v) is 40.4. The predicted octanol–water partition coefficient (Wildman–Crippen LogP) is 9.02. The monoisotopic (exact) mass is 936 g/mol. The summed E-state index contributed by atoms with van der Waals surface area (Å²) >= 11 is 0. The third-order valence-electron chi connectivity index (χ3n) is 13.0. The first-order chi connectivity index (χ1) is 32.9. The van der Waals surface area contributed by atoms with E-state index in [0.717, 1.165) is 83.5 Å². The SMILES string of the molecule is Cc1ccc2c(c1)NC(=O)NCc1c(C)c3c(C)c(c1C)CNC(=O)Nc1cc(C)ccc1NC(=O)NCc1c(C)c(c(C)c(c1C)CNC(=O)Nc1ccc(C)cc1NC(=O)NC3)CNC(=O)N2. The van der Waals surface area contributed by atoms with Gasteiger partial charge in [0, 0.05) is 39.3 Å². The van der Waals surface area contributed by atoms with Crippen molar-refractivity contribution in [1.29, 1.82) is 0 Å². The van der Waals surface area contributed by atoms with Crippen LogP contribution in [-0.4, -0.2) is 36.2 Å². The van der Waals surface area contributed by atoms with E-state index in [9.17, 15) is 28.8 Å². The molecule has 3 heterocycles. The normalized spacial score (nSPS) is 15.1. The van der Waals surface area contributed by atoms with Crippen LogP contribution < -0.4 is 63.8 Å². The van der Waals surface area contributed by atoms with Crippen molar-refractivity contribution in [3.8, 4) is 0 Å². The highest BCUT2D eigenvalue weighted by molar-refractivity contribution is 6.01. The molecule has 6 bridgehead atoms. The van der Waals surface area contributed by atoms with Gasteiger partial charge in [-0.2, -0.15) is 0 Å². The van der Waals surface area contributed by atoms with E-state index < -0.39 is 36.2 Å². The molecule has 0 fully saturated rings. The van der Waals surface area contributed by atoms with Crippen molar-refractivity contribution in [1.82, 2.24) is 31.9 Å². The van der Waals surface area contributed by atoms with Crippen molar-refractivity contribution in [3.05, 3.63) is 138 Å². The second-order valence-corrected chi connectivity index (χ2v) is 17.6. The number of nitrogens with one attached hydrogen (secondary N) is 12. The van der Waals surface area contributed by atoms with Crippen LogP contribution in [0, 0.1) is 62.3 Å². The standard InChI is InChI=1S/C51H60N12O6/c1-25-10-13-40-43(16-25)61-49(67)55-22-37-31(7)38-23-56-50(68)62-44-17-26(2)11-14-41(44)59-47(65)53-20-35-28(4)34(19-52-46(64)58-40)29(5)36(30(35)6)21-54-48(66)60-42-15-12-27(3)18-45(42)63-51(69)57-24-39(32(37)8)33(38)9/h10-18H,19-24H2,1-9H3,(H2,52,58,64)(H2,53,59,65)(H2,54,60,66)(H2,55,61,67)(H2,56,62,68)(H2,57,63,69). The quantitative estimate of drug-likeness (QED) is 0.0722. The molecule has 69 heavy (non-hydrogen) atoms. The number of hydrogen-bond acceptors (Lipinski definition) is 6. The van der Waals surface area contributed by atoms with Crippen LogP contribution in [0.1, 0.15) is 83.5 Å². The molecule has 5 aromatic carbocycles. The lowest BCUT2D eigenvalue weighted by Gasteiger charge is -2.24. The fourth-order valence-corrected chi connectivity index (χ4v) is 8.99. The molecule has 0 aromatic heterocycles. The summed E-state index contributed by atoms with van der Waals surface area (Å²) in [6.45, 7) is 17.5. The minimum Gasteiger partial charge on any atom is -0.334 e. The number of rotatable bonds is 0. The van der Waals surface area contributed by atoms with Crippen molar-refractivity contribution in [2.45, 2.75) is 102 Å². The van der Waals surface area contributed by atoms with Crippen LogP contribution in [0.4, 0.5) is 62.9 Å². The second kappa shape index (κ2) is 20.7. The van der Waals surface area contributed by atoms with Crippen LogP contribution in [0.2, 0.25) is 0 Å². The van der Waals surface area contributed by atoms with Crippen LogP contribution in [0.15, 0.2) is 54.6 Å². The molecule has 360 valence electrons. The molecule has 5 aromatic rings. The molecule has 0 radical (unpaired) electrons. The molecule has 0 atom stereocenters. The maximum atomic E-state index is 13.8. The Kier molecular flexibility index (Phi) is 14.6. The number of amides is 12. The van der Waals surface area contributed by atoms with E-state index >= 15 is 0 Å². The van der Waals surface area contributed by atoms with E-state index in [-0.39, 0.29) is 39.3 Å². The van der Waals surface area contributed by atoms with E-state index in [1.807, 2.05) is 80.5 Å². The average molecular weight is 937 g/mol. The number of carbonyl (C=O) groups is 6. The lowest BCUT2D eigenvalue weighted by Crippen LogP contribution is -2.34. The molecule has 0 unspecified atom stereocenters. The predicted molar refractivity (Wildman–Crippen MR) is 270 cm³/mol. The largest absolute Gasteiger partial charge is 0.334 e. The molecule has 12 N–H and O–H groups in total.